The summed E-state index contributed by atoms with van der Waals surface area (Å²) in [6, 6.07) is 9.73. The van der Waals surface area contributed by atoms with Crippen LogP contribution < -0.4 is 20.5 Å². The Bertz CT molecular complexity index is 1700. The van der Waals surface area contributed by atoms with Crippen molar-refractivity contribution in [3.8, 4) is 33.3 Å². The number of hydrogen-bond donors (Lipinski definition) is 3. The maximum atomic E-state index is 14.6. The van der Waals surface area contributed by atoms with Gasteiger partial charge >= 0.3 is 6.18 Å². The van der Waals surface area contributed by atoms with Gasteiger partial charge in [0.15, 0.2) is 5.01 Å². The van der Waals surface area contributed by atoms with Crippen LogP contribution in [-0.4, -0.2) is 58.5 Å². The third kappa shape index (κ3) is 5.25. The van der Waals surface area contributed by atoms with Crippen molar-refractivity contribution in [2.45, 2.75) is 24.1 Å². The number of nitrogens with two attached hydrogens (primary N) is 1. The molecule has 224 valence electrons. The highest BCUT2D eigenvalue weighted by atomic mass is 32.1. The minimum Gasteiger partial charge on any atom is -0.496 e. The fourth-order valence-electron chi connectivity index (χ4n) is 4.55. The second kappa shape index (κ2) is 10.9. The number of fused-ring (bicyclic) bond motifs is 1. The maximum absolute atomic E-state index is 14.6. The van der Waals surface area contributed by atoms with Gasteiger partial charge in [0.2, 0.25) is 11.5 Å². The number of methoxy groups -OCH3 is 1. The average molecular weight is 618 g/mol. The summed E-state index contributed by atoms with van der Waals surface area (Å²) in [5.74, 6) is -2.25. The van der Waals surface area contributed by atoms with Crippen LogP contribution in [0.1, 0.15) is 28.5 Å². The molecule has 15 heteroatoms. The molecule has 0 aliphatic carbocycles. The monoisotopic (exact) mass is 617 g/mol. The molecule has 4 aromatic rings. The lowest BCUT2D eigenvalue weighted by molar-refractivity contribution is -0.265. The van der Waals surface area contributed by atoms with Crippen LogP contribution in [0, 0.1) is 5.82 Å². The molecule has 43 heavy (non-hydrogen) atoms. The van der Waals surface area contributed by atoms with E-state index in [0.717, 1.165) is 18.2 Å². The quantitative estimate of drug-likeness (QED) is 0.253. The number of ether oxygens (including phenoxy) is 2. The first-order valence-electron chi connectivity index (χ1n) is 12.5. The van der Waals surface area contributed by atoms with E-state index in [1.807, 2.05) is 0 Å². The van der Waals surface area contributed by atoms with E-state index >= 15 is 0 Å². The number of benzene rings is 2. The molecule has 0 bridgehead atoms. The molecule has 3 heterocycles. The molecule has 0 radical (unpaired) electrons. The smallest absolute Gasteiger partial charge is 0.424 e. The molecule has 0 saturated heterocycles. The zero-order valence-electron chi connectivity index (χ0n) is 22.5. The Hall–Kier alpha value is -4.63. The Morgan fingerprint density at radius 1 is 1.19 bits per heavy atom. The summed E-state index contributed by atoms with van der Waals surface area (Å²) in [6.07, 6.45) is -5.36. The first-order valence-corrected chi connectivity index (χ1v) is 13.4. The second-order valence-corrected chi connectivity index (χ2v) is 10.8. The van der Waals surface area contributed by atoms with Gasteiger partial charge in [-0.25, -0.2) is 9.37 Å². The van der Waals surface area contributed by atoms with Crippen LogP contribution in [0.4, 0.5) is 17.6 Å². The summed E-state index contributed by atoms with van der Waals surface area (Å²) in [5.41, 5.74) is 1.25. The standard InChI is InChI=1S/C28H23F4N5O5S/c1-26(25(33)39)12-42-22-18(26)10-20(36-21(22)14-3-6-16(29)7-4-14)27(40,28(30,31)32)11-34-23(38)15-5-8-17(19(9-15)41-2)24-37-35-13-43-24/h3-10,13,40H,11-12H2,1-2H3,(H2,33,39)(H,34,38)/t26-,27-/m0/s1. The molecule has 1 aliphatic heterocycles. The Morgan fingerprint density at radius 2 is 1.91 bits per heavy atom. The zero-order valence-corrected chi connectivity index (χ0v) is 23.3. The summed E-state index contributed by atoms with van der Waals surface area (Å²) < 4.78 is 68.5. The van der Waals surface area contributed by atoms with Gasteiger partial charge in [0.1, 0.15) is 40.5 Å². The second-order valence-electron chi connectivity index (χ2n) is 9.92. The Labute approximate surface area is 245 Å². The van der Waals surface area contributed by atoms with E-state index in [9.17, 15) is 32.3 Å². The first kappa shape index (κ1) is 29.8. The molecule has 2 aromatic carbocycles. The van der Waals surface area contributed by atoms with Crippen molar-refractivity contribution < 1.29 is 41.7 Å². The van der Waals surface area contributed by atoms with Gasteiger partial charge in [0, 0.05) is 16.7 Å². The van der Waals surface area contributed by atoms with Crippen LogP contribution in [0.5, 0.6) is 11.5 Å². The van der Waals surface area contributed by atoms with Gasteiger partial charge in [-0.05, 0) is 55.5 Å². The minimum atomic E-state index is -5.36. The first-order chi connectivity index (χ1) is 20.3. The lowest BCUT2D eigenvalue weighted by Crippen LogP contribution is -2.51. The fraction of sp³-hybridized carbons (Fsp3) is 0.250. The number of halogens is 4. The van der Waals surface area contributed by atoms with Gasteiger partial charge < -0.3 is 25.6 Å². The van der Waals surface area contributed by atoms with E-state index in [0.29, 0.717) is 10.6 Å². The Kier molecular flexibility index (Phi) is 7.56. The topological polar surface area (TPSA) is 150 Å². The van der Waals surface area contributed by atoms with Crippen molar-refractivity contribution in [2.24, 2.45) is 5.73 Å². The zero-order chi connectivity index (χ0) is 31.2. The van der Waals surface area contributed by atoms with E-state index < -0.39 is 47.1 Å². The summed E-state index contributed by atoms with van der Waals surface area (Å²) in [5, 5.41) is 21.5. The van der Waals surface area contributed by atoms with Gasteiger partial charge in [-0.15, -0.1) is 10.2 Å². The third-order valence-electron chi connectivity index (χ3n) is 7.19. The Morgan fingerprint density at radius 3 is 2.51 bits per heavy atom. The molecule has 0 fully saturated rings. The molecule has 1 aliphatic rings. The molecule has 4 N–H and O–H groups in total. The van der Waals surface area contributed by atoms with Crippen molar-refractivity contribution in [3.63, 3.8) is 0 Å². The molecule has 2 amide bonds. The van der Waals surface area contributed by atoms with Crippen LogP contribution >= 0.6 is 11.3 Å². The van der Waals surface area contributed by atoms with Gasteiger partial charge in [0.05, 0.1) is 24.9 Å². The highest BCUT2D eigenvalue weighted by Gasteiger charge is 2.57. The average Bonchev–Trinajstić information content (AvgIpc) is 3.64. The van der Waals surface area contributed by atoms with E-state index in [2.05, 4.69) is 20.5 Å². The van der Waals surface area contributed by atoms with Crippen LogP contribution in [0.25, 0.3) is 21.8 Å². The number of alkyl halides is 3. The molecule has 5 rings (SSSR count). The Balaban J connectivity index is 1.55. The summed E-state index contributed by atoms with van der Waals surface area (Å²) in [6.45, 7) is -0.266. The lowest BCUT2D eigenvalue weighted by atomic mass is 9.81. The number of carbonyl (C=O) groups excluding carboxylic acids is 2. The number of nitrogens with one attached hydrogen (secondary N) is 1. The van der Waals surface area contributed by atoms with Crippen molar-refractivity contribution >= 4 is 23.2 Å². The van der Waals surface area contributed by atoms with Crippen LogP contribution in [0.2, 0.25) is 0 Å². The summed E-state index contributed by atoms with van der Waals surface area (Å²) in [4.78, 5) is 29.5. The summed E-state index contributed by atoms with van der Waals surface area (Å²) >= 11 is 1.22. The summed E-state index contributed by atoms with van der Waals surface area (Å²) in [7, 11) is 1.35. The van der Waals surface area contributed by atoms with Crippen molar-refractivity contribution in [3.05, 3.63) is 76.7 Å². The number of aliphatic hydroxyl groups is 1. The SMILES string of the molecule is COc1cc(C(=O)NC[C@](O)(c2cc3c(c(-c4ccc(F)cc4)n2)OC[C@]3(C)C(N)=O)C(F)(F)F)ccc1-c1nncs1. The van der Waals surface area contributed by atoms with Gasteiger partial charge in [-0.1, -0.05) is 11.3 Å². The van der Waals surface area contributed by atoms with Crippen molar-refractivity contribution in [1.82, 2.24) is 20.5 Å². The fourth-order valence-corrected chi connectivity index (χ4v) is 5.13. The number of rotatable bonds is 8. The minimum absolute atomic E-state index is 0.0344. The van der Waals surface area contributed by atoms with E-state index in [1.54, 1.807) is 0 Å². The third-order valence-corrected chi connectivity index (χ3v) is 7.91. The predicted octanol–water partition coefficient (Wildman–Crippen LogP) is 3.73. The van der Waals surface area contributed by atoms with Gasteiger partial charge in [-0.3, -0.25) is 9.59 Å². The molecule has 0 spiro atoms. The number of nitrogens with zero attached hydrogens (tertiary/aromatic N) is 3. The molecule has 0 saturated carbocycles. The number of carbonyl (C=O) groups is 2. The highest BCUT2D eigenvalue weighted by molar-refractivity contribution is 7.12. The maximum Gasteiger partial charge on any atom is 0.424 e. The molecular formula is C28H23F4N5O5S. The van der Waals surface area contributed by atoms with E-state index in [1.165, 1.54) is 61.2 Å². The normalized spacial score (nSPS) is 17.5. The molecule has 0 unspecified atom stereocenters. The molecule has 10 nitrogen and oxygen atoms in total. The molecule has 2 aromatic heterocycles. The number of pyridine rings is 1. The van der Waals surface area contributed by atoms with Crippen LogP contribution in [0.3, 0.4) is 0 Å². The number of hydrogen-bond acceptors (Lipinski definition) is 9. The molecule has 2 atom stereocenters. The number of aromatic nitrogens is 3. The van der Waals surface area contributed by atoms with Gasteiger partial charge in [0.25, 0.3) is 5.91 Å². The number of primary amides is 1. The molecular weight excluding hydrogens is 594 g/mol. The van der Waals surface area contributed by atoms with E-state index in [4.69, 9.17) is 15.2 Å². The largest absolute Gasteiger partial charge is 0.496 e. The van der Waals surface area contributed by atoms with Crippen molar-refractivity contribution in [2.75, 3.05) is 20.3 Å². The predicted molar refractivity (Wildman–Crippen MR) is 146 cm³/mol. The van der Waals surface area contributed by atoms with Crippen molar-refractivity contribution in [1.29, 1.82) is 0 Å². The van der Waals surface area contributed by atoms with E-state index in [-0.39, 0.29) is 40.5 Å². The van der Waals surface area contributed by atoms with Crippen LogP contribution in [0.15, 0.2) is 54.0 Å². The van der Waals surface area contributed by atoms with Crippen LogP contribution in [-0.2, 0) is 15.8 Å². The lowest BCUT2D eigenvalue weighted by Gasteiger charge is -2.31. The highest BCUT2D eigenvalue weighted by Crippen LogP contribution is 2.47. The number of amides is 2. The van der Waals surface area contributed by atoms with Gasteiger partial charge in [-0.2, -0.15) is 13.2 Å².